The molecule has 37 heavy (non-hydrogen) atoms. The number of urea groups is 1. The van der Waals surface area contributed by atoms with Crippen molar-refractivity contribution in [3.8, 4) is 6.07 Å². The Morgan fingerprint density at radius 3 is 2.68 bits per heavy atom. The number of carbonyl (C=O) groups excluding carboxylic acids is 1. The molecule has 3 aromatic heterocycles. The van der Waals surface area contributed by atoms with Crippen molar-refractivity contribution in [1.82, 2.24) is 24.8 Å². The summed E-state index contributed by atoms with van der Waals surface area (Å²) in [5.41, 5.74) is 3.22. The van der Waals surface area contributed by atoms with Crippen LogP contribution in [0.2, 0.25) is 0 Å². The predicted molar refractivity (Wildman–Crippen MR) is 138 cm³/mol. The van der Waals surface area contributed by atoms with Gasteiger partial charge in [-0.3, -0.25) is 9.69 Å². The second-order valence-corrected chi connectivity index (χ2v) is 9.33. The molecule has 10 heteroatoms. The van der Waals surface area contributed by atoms with Crippen LogP contribution in [0, 0.1) is 17.2 Å². The van der Waals surface area contributed by atoms with Crippen LogP contribution in [-0.2, 0) is 6.54 Å². The molecule has 1 fully saturated rings. The number of nitrogens with one attached hydrogen (secondary N) is 1. The summed E-state index contributed by atoms with van der Waals surface area (Å²) in [6, 6.07) is 15.0. The van der Waals surface area contributed by atoms with Crippen LogP contribution in [0.1, 0.15) is 24.1 Å². The second kappa shape index (κ2) is 9.35. The Morgan fingerprint density at radius 1 is 1.03 bits per heavy atom. The van der Waals surface area contributed by atoms with E-state index in [-0.39, 0.29) is 17.3 Å². The van der Waals surface area contributed by atoms with Crippen molar-refractivity contribution in [2.24, 2.45) is 5.92 Å². The minimum Gasteiger partial charge on any atom is -0.356 e. The Hall–Kier alpha value is -4.78. The molecule has 6 rings (SSSR count). The summed E-state index contributed by atoms with van der Waals surface area (Å²) < 4.78 is 0. The largest absolute Gasteiger partial charge is 0.356 e. The van der Waals surface area contributed by atoms with Gasteiger partial charge in [0.05, 0.1) is 23.2 Å². The maximum Gasteiger partial charge on any atom is 0.329 e. The van der Waals surface area contributed by atoms with Gasteiger partial charge in [0.15, 0.2) is 0 Å². The average Bonchev–Trinajstić information content (AvgIpc) is 2.94. The number of aromatic amines is 1. The van der Waals surface area contributed by atoms with E-state index in [2.05, 4.69) is 30.9 Å². The summed E-state index contributed by atoms with van der Waals surface area (Å²) in [5.74, 6) is 0.969. The van der Waals surface area contributed by atoms with Gasteiger partial charge in [-0.1, -0.05) is 18.2 Å². The lowest BCUT2D eigenvalue weighted by molar-refractivity contribution is 0.184. The van der Waals surface area contributed by atoms with Crippen molar-refractivity contribution in [2.75, 3.05) is 29.4 Å². The van der Waals surface area contributed by atoms with Crippen molar-refractivity contribution in [3.05, 3.63) is 82.8 Å². The number of hydrogen-bond acceptors (Lipinski definition) is 7. The van der Waals surface area contributed by atoms with E-state index in [4.69, 9.17) is 0 Å². The molecule has 0 saturated carbocycles. The third-order valence-corrected chi connectivity index (χ3v) is 7.10. The minimum atomic E-state index is -0.191. The molecule has 0 unspecified atom stereocenters. The average molecular weight is 493 g/mol. The van der Waals surface area contributed by atoms with Gasteiger partial charge in [-0.25, -0.2) is 19.7 Å². The van der Waals surface area contributed by atoms with E-state index in [1.54, 1.807) is 35.5 Å². The SMILES string of the molecule is N#Cc1cc(N2C(=O)N(CC3CCN(c4nccc5nc[nH]c(=O)c45)CC3)Cc3ccccc32)ccn1. The molecule has 1 N–H and O–H groups in total. The lowest BCUT2D eigenvalue weighted by Crippen LogP contribution is -2.48. The van der Waals surface area contributed by atoms with Crippen molar-refractivity contribution in [1.29, 1.82) is 5.26 Å². The molecule has 1 aromatic carbocycles. The Balaban J connectivity index is 1.21. The zero-order valence-electron chi connectivity index (χ0n) is 20.0. The fraction of sp³-hybridized carbons (Fsp3) is 0.259. The molecule has 0 atom stereocenters. The number of anilines is 3. The van der Waals surface area contributed by atoms with Crippen LogP contribution in [0.5, 0.6) is 0 Å². The third kappa shape index (κ3) is 4.14. The molecule has 0 spiro atoms. The minimum absolute atomic E-state index is 0.107. The van der Waals surface area contributed by atoms with Crippen molar-refractivity contribution in [3.63, 3.8) is 0 Å². The fourth-order valence-electron chi connectivity index (χ4n) is 5.27. The summed E-state index contributed by atoms with van der Waals surface area (Å²) >= 11 is 0. The molecule has 2 aliphatic rings. The zero-order chi connectivity index (χ0) is 25.4. The third-order valence-electron chi connectivity index (χ3n) is 7.10. The first-order chi connectivity index (χ1) is 18.1. The maximum absolute atomic E-state index is 13.7. The van der Waals surface area contributed by atoms with Crippen LogP contribution in [-0.4, -0.2) is 50.5 Å². The number of piperidine rings is 1. The normalized spacial score (nSPS) is 16.1. The summed E-state index contributed by atoms with van der Waals surface area (Å²) in [4.78, 5) is 47.3. The molecule has 10 nitrogen and oxygen atoms in total. The number of nitriles is 1. The molecular weight excluding hydrogens is 468 g/mol. The van der Waals surface area contributed by atoms with E-state index in [9.17, 15) is 14.9 Å². The first-order valence-corrected chi connectivity index (χ1v) is 12.2. The molecule has 4 aromatic rings. The molecule has 0 radical (unpaired) electrons. The molecule has 184 valence electrons. The molecule has 1 saturated heterocycles. The number of carbonyl (C=O) groups is 1. The Morgan fingerprint density at radius 2 is 1.84 bits per heavy atom. The van der Waals surface area contributed by atoms with Gasteiger partial charge in [-0.2, -0.15) is 5.26 Å². The lowest BCUT2D eigenvalue weighted by atomic mass is 9.95. The maximum atomic E-state index is 13.7. The number of hydrogen-bond donors (Lipinski definition) is 1. The first-order valence-electron chi connectivity index (χ1n) is 12.2. The number of amides is 2. The van der Waals surface area contributed by atoms with Crippen LogP contribution in [0.4, 0.5) is 22.0 Å². The number of aromatic nitrogens is 4. The molecular formula is C27H24N8O2. The van der Waals surface area contributed by atoms with Gasteiger partial charge in [0.1, 0.15) is 23.0 Å². The molecule has 0 aliphatic carbocycles. The molecule has 2 amide bonds. The van der Waals surface area contributed by atoms with Gasteiger partial charge in [0.25, 0.3) is 5.56 Å². The summed E-state index contributed by atoms with van der Waals surface area (Å²) in [7, 11) is 0. The molecule has 2 aliphatic heterocycles. The zero-order valence-corrected chi connectivity index (χ0v) is 20.0. The number of nitrogens with zero attached hydrogens (tertiary/aromatic N) is 7. The summed E-state index contributed by atoms with van der Waals surface area (Å²) in [5, 5.41) is 9.82. The highest BCUT2D eigenvalue weighted by Gasteiger charge is 2.34. The van der Waals surface area contributed by atoms with Gasteiger partial charge in [-0.15, -0.1) is 0 Å². The number of fused-ring (bicyclic) bond motifs is 2. The number of pyridine rings is 2. The standard InChI is InChI=1S/C27H24N8O2/c28-14-20-13-21(5-9-29-20)35-23-4-2-1-3-19(23)16-34(27(35)37)15-18-7-11-33(12-8-18)25-24-22(6-10-30-25)31-17-32-26(24)36/h1-6,9-10,13,17-18H,7-8,11-12,15-16H2,(H,31,32,36). The quantitative estimate of drug-likeness (QED) is 0.462. The van der Waals surface area contributed by atoms with E-state index in [0.717, 1.165) is 37.2 Å². The Kier molecular flexibility index (Phi) is 5.73. The second-order valence-electron chi connectivity index (χ2n) is 9.33. The van der Waals surface area contributed by atoms with Gasteiger partial charge in [0, 0.05) is 38.6 Å². The van der Waals surface area contributed by atoms with E-state index >= 15 is 0 Å². The summed E-state index contributed by atoms with van der Waals surface area (Å²) in [6.45, 7) is 2.64. The van der Waals surface area contributed by atoms with Gasteiger partial charge in [0.2, 0.25) is 0 Å². The monoisotopic (exact) mass is 492 g/mol. The van der Waals surface area contributed by atoms with E-state index < -0.39 is 0 Å². The van der Waals surface area contributed by atoms with Crippen molar-refractivity contribution in [2.45, 2.75) is 19.4 Å². The van der Waals surface area contributed by atoms with Crippen LogP contribution >= 0.6 is 0 Å². The van der Waals surface area contributed by atoms with E-state index in [1.165, 1.54) is 6.33 Å². The predicted octanol–water partition coefficient (Wildman–Crippen LogP) is 3.58. The lowest BCUT2D eigenvalue weighted by Gasteiger charge is -2.40. The van der Waals surface area contributed by atoms with Crippen LogP contribution in [0.25, 0.3) is 10.9 Å². The smallest absolute Gasteiger partial charge is 0.329 e. The number of H-pyrrole nitrogens is 1. The highest BCUT2D eigenvalue weighted by molar-refractivity contribution is 6.01. The van der Waals surface area contributed by atoms with Gasteiger partial charge >= 0.3 is 6.03 Å². The Labute approximate surface area is 212 Å². The van der Waals surface area contributed by atoms with Crippen molar-refractivity contribution < 1.29 is 4.79 Å². The van der Waals surface area contributed by atoms with Gasteiger partial charge < -0.3 is 14.8 Å². The number of benzene rings is 1. The van der Waals surface area contributed by atoms with Gasteiger partial charge in [-0.05, 0) is 48.6 Å². The van der Waals surface area contributed by atoms with E-state index in [0.29, 0.717) is 41.4 Å². The number of rotatable bonds is 4. The highest BCUT2D eigenvalue weighted by atomic mass is 16.2. The highest BCUT2D eigenvalue weighted by Crippen LogP contribution is 2.36. The molecule has 5 heterocycles. The fourth-order valence-corrected chi connectivity index (χ4v) is 5.27. The van der Waals surface area contributed by atoms with Crippen LogP contribution < -0.4 is 15.4 Å². The Bertz CT molecular complexity index is 1580. The topological polar surface area (TPSA) is 122 Å². The number of para-hydroxylation sites is 1. The van der Waals surface area contributed by atoms with Crippen LogP contribution in [0.3, 0.4) is 0 Å². The first kappa shape index (κ1) is 22.7. The van der Waals surface area contributed by atoms with Crippen LogP contribution in [0.15, 0.2) is 66.0 Å². The molecule has 0 bridgehead atoms. The summed E-state index contributed by atoms with van der Waals surface area (Å²) in [6.07, 6.45) is 6.39. The van der Waals surface area contributed by atoms with Crippen molar-refractivity contribution >= 4 is 34.1 Å². The van der Waals surface area contributed by atoms with E-state index in [1.807, 2.05) is 29.2 Å².